The maximum Gasteiger partial charge on any atom is 0.429 e. The van der Waals surface area contributed by atoms with Crippen molar-refractivity contribution in [3.05, 3.63) is 17.6 Å². The summed E-state index contributed by atoms with van der Waals surface area (Å²) in [7, 11) is 0. The number of aromatic nitrogens is 2. The largest absolute Gasteiger partial charge is 0.442 e. The molecule has 0 spiro atoms. The number of hydrogen-bond acceptors (Lipinski definition) is 5. The lowest BCUT2D eigenvalue weighted by Gasteiger charge is -2.31. The second-order valence-corrected chi connectivity index (χ2v) is 6.20. The molecule has 6 heteroatoms. The van der Waals surface area contributed by atoms with Crippen molar-refractivity contribution in [1.29, 1.82) is 0 Å². The van der Waals surface area contributed by atoms with Crippen LogP contribution in [0.2, 0.25) is 0 Å². The number of nitrogens with zero attached hydrogens (tertiary/aromatic N) is 4. The maximum atomic E-state index is 12.3. The molecule has 0 aliphatic carbocycles. The molecule has 1 fully saturated rings. The molecule has 1 aliphatic rings. The van der Waals surface area contributed by atoms with Gasteiger partial charge in [-0.1, -0.05) is 6.92 Å². The average Bonchev–Trinajstić information content (AvgIpc) is 2.85. The van der Waals surface area contributed by atoms with E-state index < -0.39 is 5.60 Å². The molecule has 1 aliphatic heterocycles. The Bertz CT molecular complexity index is 525. The van der Waals surface area contributed by atoms with Gasteiger partial charge in [0, 0.05) is 24.8 Å². The molecule has 2 heterocycles. The minimum atomic E-state index is -0.499. The lowest BCUT2D eigenvalue weighted by Crippen LogP contribution is -2.44. The van der Waals surface area contributed by atoms with E-state index in [9.17, 15) is 4.79 Å². The van der Waals surface area contributed by atoms with E-state index in [0.717, 1.165) is 36.7 Å². The van der Waals surface area contributed by atoms with E-state index in [4.69, 9.17) is 4.74 Å². The molecule has 1 aromatic rings. The van der Waals surface area contributed by atoms with Gasteiger partial charge in [-0.2, -0.15) is 0 Å². The van der Waals surface area contributed by atoms with Gasteiger partial charge < -0.3 is 4.74 Å². The summed E-state index contributed by atoms with van der Waals surface area (Å²) in [6.07, 6.45) is 1.43. The average molecular weight is 292 g/mol. The van der Waals surface area contributed by atoms with Crippen molar-refractivity contribution in [3.8, 4) is 0 Å². The third kappa shape index (κ3) is 3.83. The normalized spacial score (nSPS) is 15.5. The van der Waals surface area contributed by atoms with Crippen LogP contribution >= 0.6 is 0 Å². The standard InChI is InChI=1S/C15H24N4O2/c1-6-12-10-13(17-11(2)16-12)18-8-7-9-19(18)14(20)21-15(3,4)5/h10H,6-9H2,1-5H3. The molecule has 0 N–H and O–H groups in total. The molecule has 21 heavy (non-hydrogen) atoms. The van der Waals surface area contributed by atoms with Gasteiger partial charge in [0.15, 0.2) is 5.82 Å². The van der Waals surface area contributed by atoms with Crippen LogP contribution in [0, 0.1) is 6.92 Å². The molecule has 0 radical (unpaired) electrons. The van der Waals surface area contributed by atoms with Gasteiger partial charge >= 0.3 is 6.09 Å². The molecular formula is C15H24N4O2. The van der Waals surface area contributed by atoms with Gasteiger partial charge in [-0.15, -0.1) is 0 Å². The maximum absolute atomic E-state index is 12.3. The highest BCUT2D eigenvalue weighted by Crippen LogP contribution is 2.23. The highest BCUT2D eigenvalue weighted by Gasteiger charge is 2.31. The number of hydrazine groups is 1. The highest BCUT2D eigenvalue weighted by atomic mass is 16.6. The van der Waals surface area contributed by atoms with Crippen molar-refractivity contribution in [2.24, 2.45) is 0 Å². The van der Waals surface area contributed by atoms with Gasteiger partial charge in [0.05, 0.1) is 0 Å². The van der Waals surface area contributed by atoms with Gasteiger partial charge in [0.1, 0.15) is 11.4 Å². The number of carbonyl (C=O) groups excluding carboxylic acids is 1. The summed E-state index contributed by atoms with van der Waals surface area (Å²) in [6, 6.07) is 1.94. The van der Waals surface area contributed by atoms with Gasteiger partial charge in [-0.25, -0.2) is 19.8 Å². The first-order valence-electron chi connectivity index (χ1n) is 7.42. The monoisotopic (exact) mass is 292 g/mol. The topological polar surface area (TPSA) is 58.6 Å². The molecule has 2 rings (SSSR count). The molecule has 6 nitrogen and oxygen atoms in total. The first kappa shape index (κ1) is 15.5. The molecule has 0 unspecified atom stereocenters. The fourth-order valence-electron chi connectivity index (χ4n) is 2.28. The summed E-state index contributed by atoms with van der Waals surface area (Å²) >= 11 is 0. The molecule has 1 amide bonds. The van der Waals surface area contributed by atoms with E-state index in [1.807, 2.05) is 38.8 Å². The van der Waals surface area contributed by atoms with E-state index in [0.29, 0.717) is 6.54 Å². The van der Waals surface area contributed by atoms with Crippen LogP contribution in [0.5, 0.6) is 0 Å². The Labute approximate surface area is 126 Å². The van der Waals surface area contributed by atoms with Crippen LogP contribution in [0.4, 0.5) is 10.6 Å². The Hall–Kier alpha value is -1.85. The molecule has 0 bridgehead atoms. The molecule has 1 aromatic heterocycles. The summed E-state index contributed by atoms with van der Waals surface area (Å²) in [4.78, 5) is 21.1. The van der Waals surface area contributed by atoms with E-state index in [-0.39, 0.29) is 6.09 Å². The summed E-state index contributed by atoms with van der Waals surface area (Å²) in [5.41, 5.74) is 0.482. The van der Waals surface area contributed by atoms with Crippen LogP contribution in [-0.2, 0) is 11.2 Å². The minimum Gasteiger partial charge on any atom is -0.442 e. The quantitative estimate of drug-likeness (QED) is 0.839. The molecule has 116 valence electrons. The van der Waals surface area contributed by atoms with Crippen LogP contribution in [0.25, 0.3) is 0 Å². The van der Waals surface area contributed by atoms with E-state index in [2.05, 4.69) is 16.9 Å². The molecule has 0 saturated carbocycles. The van der Waals surface area contributed by atoms with Gasteiger partial charge in [0.2, 0.25) is 0 Å². The van der Waals surface area contributed by atoms with Crippen LogP contribution in [0.15, 0.2) is 6.07 Å². The number of anilines is 1. The fraction of sp³-hybridized carbons (Fsp3) is 0.667. The third-order valence-electron chi connectivity index (χ3n) is 3.14. The van der Waals surface area contributed by atoms with Crippen LogP contribution in [0.3, 0.4) is 0 Å². The third-order valence-corrected chi connectivity index (χ3v) is 3.14. The van der Waals surface area contributed by atoms with E-state index in [1.165, 1.54) is 0 Å². The van der Waals surface area contributed by atoms with Crippen molar-refractivity contribution in [1.82, 2.24) is 15.0 Å². The molecule has 0 aromatic carbocycles. The Kier molecular flexibility index (Phi) is 4.34. The minimum absolute atomic E-state index is 0.325. The van der Waals surface area contributed by atoms with E-state index >= 15 is 0 Å². The number of aryl methyl sites for hydroxylation is 2. The molecular weight excluding hydrogens is 268 g/mol. The highest BCUT2D eigenvalue weighted by molar-refractivity contribution is 5.71. The summed E-state index contributed by atoms with van der Waals surface area (Å²) < 4.78 is 5.46. The zero-order valence-corrected chi connectivity index (χ0v) is 13.5. The number of rotatable bonds is 2. The summed E-state index contributed by atoms with van der Waals surface area (Å²) in [6.45, 7) is 11.0. The predicted molar refractivity (Wildman–Crippen MR) is 81.1 cm³/mol. The molecule has 1 saturated heterocycles. The van der Waals surface area contributed by atoms with E-state index in [1.54, 1.807) is 5.01 Å². The van der Waals surface area contributed by atoms with Crippen molar-refractivity contribution >= 4 is 11.9 Å². The first-order valence-corrected chi connectivity index (χ1v) is 7.42. The number of carbonyl (C=O) groups is 1. The number of ether oxygens (including phenoxy) is 1. The lowest BCUT2D eigenvalue weighted by molar-refractivity contribution is 0.0272. The van der Waals surface area contributed by atoms with Crippen LogP contribution < -0.4 is 5.01 Å². The van der Waals surface area contributed by atoms with Crippen LogP contribution in [-0.4, -0.2) is 39.8 Å². The van der Waals surface area contributed by atoms with Crippen molar-refractivity contribution in [2.75, 3.05) is 18.1 Å². The zero-order chi connectivity index (χ0) is 15.6. The van der Waals surface area contributed by atoms with Crippen molar-refractivity contribution < 1.29 is 9.53 Å². The van der Waals surface area contributed by atoms with Gasteiger partial charge in [0.25, 0.3) is 0 Å². The Morgan fingerprint density at radius 1 is 1.33 bits per heavy atom. The van der Waals surface area contributed by atoms with Crippen LogP contribution in [0.1, 0.15) is 45.6 Å². The Morgan fingerprint density at radius 2 is 2.05 bits per heavy atom. The zero-order valence-electron chi connectivity index (χ0n) is 13.5. The Balaban J connectivity index is 2.22. The smallest absolute Gasteiger partial charge is 0.429 e. The SMILES string of the molecule is CCc1cc(N2CCCN2C(=O)OC(C)(C)C)nc(C)n1. The van der Waals surface area contributed by atoms with Crippen molar-refractivity contribution in [2.45, 2.75) is 53.1 Å². The second-order valence-electron chi connectivity index (χ2n) is 6.20. The number of amides is 1. The lowest BCUT2D eigenvalue weighted by atomic mass is 10.2. The molecule has 0 atom stereocenters. The number of hydrogen-bond donors (Lipinski definition) is 0. The summed E-state index contributed by atoms with van der Waals surface area (Å²) in [5, 5.41) is 3.52. The predicted octanol–water partition coefficient (Wildman–Crippen LogP) is 2.71. The van der Waals surface area contributed by atoms with Crippen molar-refractivity contribution in [3.63, 3.8) is 0 Å². The summed E-state index contributed by atoms with van der Waals surface area (Å²) in [5.74, 6) is 1.49. The van der Waals surface area contributed by atoms with Gasteiger partial charge in [-0.05, 0) is 40.5 Å². The first-order chi connectivity index (χ1) is 9.80. The fourth-order valence-corrected chi connectivity index (χ4v) is 2.28. The Morgan fingerprint density at radius 3 is 2.67 bits per heavy atom. The second kappa shape index (κ2) is 5.87. The van der Waals surface area contributed by atoms with Gasteiger partial charge in [-0.3, -0.25) is 5.01 Å².